The Labute approximate surface area is 139 Å². The number of para-hydroxylation sites is 1. The lowest BCUT2D eigenvalue weighted by atomic mass is 10.2. The molecule has 2 aliphatic rings. The molecule has 2 aromatic rings. The van der Waals surface area contributed by atoms with Crippen LogP contribution in [-0.2, 0) is 9.57 Å². The fourth-order valence-electron chi connectivity index (χ4n) is 2.91. The topological polar surface area (TPSA) is 78.3 Å². The highest BCUT2D eigenvalue weighted by molar-refractivity contribution is 5.93. The summed E-state index contributed by atoms with van der Waals surface area (Å²) in [4.78, 5) is 17.8. The predicted octanol–water partition coefficient (Wildman–Crippen LogP) is 2.33. The first kappa shape index (κ1) is 15.3. The van der Waals surface area contributed by atoms with Gasteiger partial charge in [-0.1, -0.05) is 23.4 Å². The minimum absolute atomic E-state index is 0.326. The van der Waals surface area contributed by atoms with Gasteiger partial charge in [0.1, 0.15) is 0 Å². The third kappa shape index (κ3) is 3.18. The highest BCUT2D eigenvalue weighted by Gasteiger charge is 2.34. The minimum atomic E-state index is -0.378. The molecule has 1 aliphatic carbocycles. The first-order valence-corrected chi connectivity index (χ1v) is 8.41. The SMILES string of the molecule is O=C(NOC1CCCCO1)c1nnn(-c2ccccc2)c1C1CC1. The first-order chi connectivity index (χ1) is 11.8. The molecule has 24 heavy (non-hydrogen) atoms. The number of rotatable bonds is 5. The molecule has 1 atom stereocenters. The normalized spacial score (nSPS) is 20.8. The second-order valence-electron chi connectivity index (χ2n) is 6.19. The minimum Gasteiger partial charge on any atom is -0.350 e. The lowest BCUT2D eigenvalue weighted by Gasteiger charge is -2.21. The van der Waals surface area contributed by atoms with Crippen molar-refractivity contribution in [2.45, 2.75) is 44.3 Å². The van der Waals surface area contributed by atoms with Gasteiger partial charge in [0.05, 0.1) is 11.4 Å². The van der Waals surface area contributed by atoms with E-state index < -0.39 is 0 Å². The molecule has 0 bridgehead atoms. The van der Waals surface area contributed by atoms with Crippen molar-refractivity contribution in [3.8, 4) is 5.69 Å². The zero-order valence-electron chi connectivity index (χ0n) is 13.4. The average molecular weight is 328 g/mol. The summed E-state index contributed by atoms with van der Waals surface area (Å²) in [7, 11) is 0. The van der Waals surface area contributed by atoms with Crippen molar-refractivity contribution in [3.63, 3.8) is 0 Å². The van der Waals surface area contributed by atoms with E-state index in [4.69, 9.17) is 9.57 Å². The van der Waals surface area contributed by atoms with E-state index in [-0.39, 0.29) is 12.2 Å². The van der Waals surface area contributed by atoms with E-state index >= 15 is 0 Å². The van der Waals surface area contributed by atoms with Gasteiger partial charge in [-0.05, 0) is 37.8 Å². The fraction of sp³-hybridized carbons (Fsp3) is 0.471. The Hall–Kier alpha value is -2.25. The van der Waals surface area contributed by atoms with Crippen LogP contribution in [-0.4, -0.2) is 33.8 Å². The number of carbonyl (C=O) groups is 1. The molecule has 7 nitrogen and oxygen atoms in total. The summed E-state index contributed by atoms with van der Waals surface area (Å²) in [5.74, 6) is -0.0415. The van der Waals surface area contributed by atoms with E-state index in [1.54, 1.807) is 4.68 Å². The zero-order valence-corrected chi connectivity index (χ0v) is 13.4. The molecular weight excluding hydrogens is 308 g/mol. The van der Waals surface area contributed by atoms with Gasteiger partial charge in [0.15, 0.2) is 12.0 Å². The number of ether oxygens (including phenoxy) is 1. The van der Waals surface area contributed by atoms with Gasteiger partial charge in [0.2, 0.25) is 0 Å². The van der Waals surface area contributed by atoms with Gasteiger partial charge in [-0.25, -0.2) is 15.0 Å². The van der Waals surface area contributed by atoms with Crippen molar-refractivity contribution < 1.29 is 14.4 Å². The number of carbonyl (C=O) groups excluding carboxylic acids is 1. The van der Waals surface area contributed by atoms with Gasteiger partial charge in [-0.2, -0.15) is 0 Å². The first-order valence-electron chi connectivity index (χ1n) is 8.41. The van der Waals surface area contributed by atoms with Crippen LogP contribution in [0.3, 0.4) is 0 Å². The summed E-state index contributed by atoms with van der Waals surface area (Å²) in [6.07, 6.45) is 4.58. The molecule has 1 aromatic heterocycles. The summed E-state index contributed by atoms with van der Waals surface area (Å²) in [6.45, 7) is 0.665. The number of aromatic nitrogens is 3. The van der Waals surface area contributed by atoms with Crippen molar-refractivity contribution in [1.29, 1.82) is 0 Å². The Morgan fingerprint density at radius 2 is 2.04 bits per heavy atom. The van der Waals surface area contributed by atoms with E-state index in [9.17, 15) is 4.79 Å². The van der Waals surface area contributed by atoms with Crippen LogP contribution >= 0.6 is 0 Å². The van der Waals surface area contributed by atoms with Crippen molar-refractivity contribution in [2.24, 2.45) is 0 Å². The molecule has 1 amide bonds. The summed E-state index contributed by atoms with van der Waals surface area (Å²) in [6, 6.07) is 9.74. The Kier molecular flexibility index (Phi) is 4.27. The van der Waals surface area contributed by atoms with E-state index in [0.717, 1.165) is 43.5 Å². The molecule has 0 radical (unpaired) electrons. The Morgan fingerprint density at radius 3 is 2.75 bits per heavy atom. The van der Waals surface area contributed by atoms with E-state index in [0.29, 0.717) is 18.2 Å². The summed E-state index contributed by atoms with van der Waals surface area (Å²) < 4.78 is 7.20. The maximum Gasteiger partial charge on any atom is 0.297 e. The lowest BCUT2D eigenvalue weighted by molar-refractivity contribution is -0.186. The monoisotopic (exact) mass is 328 g/mol. The number of hydrogen-bond donors (Lipinski definition) is 1. The molecule has 2 fully saturated rings. The lowest BCUT2D eigenvalue weighted by Crippen LogP contribution is -2.33. The molecule has 126 valence electrons. The number of benzene rings is 1. The summed E-state index contributed by atoms with van der Waals surface area (Å²) in [5.41, 5.74) is 4.57. The van der Waals surface area contributed by atoms with Crippen molar-refractivity contribution >= 4 is 5.91 Å². The van der Waals surface area contributed by atoms with Gasteiger partial charge in [0.25, 0.3) is 5.91 Å². The second-order valence-corrected chi connectivity index (χ2v) is 6.19. The molecule has 4 rings (SSSR count). The molecule has 1 N–H and O–H groups in total. The Morgan fingerprint density at radius 1 is 1.21 bits per heavy atom. The predicted molar refractivity (Wildman–Crippen MR) is 85.5 cm³/mol. The second kappa shape index (κ2) is 6.70. The molecule has 7 heteroatoms. The van der Waals surface area contributed by atoms with Crippen LogP contribution in [0.2, 0.25) is 0 Å². The van der Waals surface area contributed by atoms with Crippen LogP contribution in [0.4, 0.5) is 0 Å². The molecule has 1 saturated carbocycles. The standard InChI is InChI=1S/C17H20N4O3/c22-17(19-24-14-8-4-5-11-23-14)15-16(12-9-10-12)21(20-18-15)13-6-2-1-3-7-13/h1-3,6-7,12,14H,4-5,8-11H2,(H,19,22). The van der Waals surface area contributed by atoms with Gasteiger partial charge in [-0.15, -0.1) is 5.10 Å². The third-order valence-corrected chi connectivity index (χ3v) is 4.31. The molecule has 2 heterocycles. The van der Waals surface area contributed by atoms with Gasteiger partial charge in [0, 0.05) is 18.9 Å². The fourth-order valence-corrected chi connectivity index (χ4v) is 2.91. The molecular formula is C17H20N4O3. The Balaban J connectivity index is 1.52. The summed E-state index contributed by atoms with van der Waals surface area (Å²) >= 11 is 0. The molecule has 0 spiro atoms. The van der Waals surface area contributed by atoms with Crippen LogP contribution in [0.15, 0.2) is 30.3 Å². The number of hydrogen-bond acceptors (Lipinski definition) is 5. The maximum atomic E-state index is 12.5. The highest BCUT2D eigenvalue weighted by atomic mass is 16.8. The number of amides is 1. The number of hydroxylamine groups is 1. The third-order valence-electron chi connectivity index (χ3n) is 4.31. The van der Waals surface area contributed by atoms with Gasteiger partial charge >= 0.3 is 0 Å². The zero-order chi connectivity index (χ0) is 16.4. The van der Waals surface area contributed by atoms with Crippen LogP contribution in [0.25, 0.3) is 5.69 Å². The summed E-state index contributed by atoms with van der Waals surface area (Å²) in [5, 5.41) is 8.28. The molecule has 1 aromatic carbocycles. The number of nitrogens with zero attached hydrogens (tertiary/aromatic N) is 3. The van der Waals surface area contributed by atoms with Crippen molar-refractivity contribution in [3.05, 3.63) is 41.7 Å². The average Bonchev–Trinajstić information content (AvgIpc) is 3.39. The maximum absolute atomic E-state index is 12.5. The van der Waals surface area contributed by atoms with Gasteiger partial charge < -0.3 is 4.74 Å². The van der Waals surface area contributed by atoms with E-state index in [1.807, 2.05) is 30.3 Å². The van der Waals surface area contributed by atoms with E-state index in [2.05, 4.69) is 15.8 Å². The van der Waals surface area contributed by atoms with Crippen LogP contribution in [0.5, 0.6) is 0 Å². The van der Waals surface area contributed by atoms with Crippen LogP contribution in [0, 0.1) is 0 Å². The van der Waals surface area contributed by atoms with Crippen LogP contribution in [0.1, 0.15) is 54.2 Å². The van der Waals surface area contributed by atoms with Crippen molar-refractivity contribution in [2.75, 3.05) is 6.61 Å². The smallest absolute Gasteiger partial charge is 0.297 e. The van der Waals surface area contributed by atoms with E-state index in [1.165, 1.54) is 0 Å². The molecule has 1 saturated heterocycles. The van der Waals surface area contributed by atoms with Gasteiger partial charge in [-0.3, -0.25) is 4.79 Å². The molecule has 1 unspecified atom stereocenters. The molecule has 1 aliphatic heterocycles. The number of nitrogens with one attached hydrogen (secondary N) is 1. The Bertz CT molecular complexity index is 706. The highest BCUT2D eigenvalue weighted by Crippen LogP contribution is 2.41. The largest absolute Gasteiger partial charge is 0.350 e. The van der Waals surface area contributed by atoms with Crippen molar-refractivity contribution in [1.82, 2.24) is 20.5 Å². The van der Waals surface area contributed by atoms with Crippen LogP contribution < -0.4 is 5.48 Å². The quantitative estimate of drug-likeness (QED) is 0.852.